The van der Waals surface area contributed by atoms with Gasteiger partial charge in [-0.2, -0.15) is 0 Å². The van der Waals surface area contributed by atoms with Gasteiger partial charge in [-0.05, 0) is 12.1 Å². The van der Waals surface area contributed by atoms with E-state index < -0.39 is 0 Å². The molecule has 0 saturated heterocycles. The fraction of sp³-hybridized carbons (Fsp3) is 0. The van der Waals surface area contributed by atoms with E-state index in [1.807, 2.05) is 0 Å². The third-order valence-electron chi connectivity index (χ3n) is 1.65. The standard InChI is InChI=1S/C8H7N5OS/c9-5-2-1-3-10-7(5)8(14)12-6-4-11-13-15-6/h1-4H,9H2,(H,12,14). The van der Waals surface area contributed by atoms with Crippen molar-refractivity contribution < 1.29 is 4.79 Å². The van der Waals surface area contributed by atoms with E-state index >= 15 is 0 Å². The fourth-order valence-corrected chi connectivity index (χ4v) is 1.42. The van der Waals surface area contributed by atoms with E-state index in [4.69, 9.17) is 5.73 Å². The number of hydrogen-bond donors (Lipinski definition) is 2. The SMILES string of the molecule is Nc1cccnc1C(=O)Nc1cnns1. The van der Waals surface area contributed by atoms with Crippen LogP contribution >= 0.6 is 11.5 Å². The Labute approximate surface area is 89.3 Å². The number of aromatic nitrogens is 3. The minimum Gasteiger partial charge on any atom is -0.397 e. The first-order chi connectivity index (χ1) is 7.27. The number of nitrogen functional groups attached to an aromatic ring is 1. The van der Waals surface area contributed by atoms with E-state index in [1.54, 1.807) is 12.1 Å². The predicted octanol–water partition coefficient (Wildman–Crippen LogP) is 0.768. The van der Waals surface area contributed by atoms with Crippen LogP contribution < -0.4 is 11.1 Å². The molecule has 2 aromatic heterocycles. The van der Waals surface area contributed by atoms with Gasteiger partial charge in [-0.25, -0.2) is 4.98 Å². The van der Waals surface area contributed by atoms with Gasteiger partial charge in [0.05, 0.1) is 11.9 Å². The van der Waals surface area contributed by atoms with Gasteiger partial charge in [0.15, 0.2) is 5.69 Å². The molecular weight excluding hydrogens is 214 g/mol. The van der Waals surface area contributed by atoms with Crippen LogP contribution in [0.4, 0.5) is 10.7 Å². The number of nitrogens with zero attached hydrogens (tertiary/aromatic N) is 3. The molecule has 6 nitrogen and oxygen atoms in total. The van der Waals surface area contributed by atoms with Gasteiger partial charge >= 0.3 is 0 Å². The van der Waals surface area contributed by atoms with Crippen LogP contribution in [0.3, 0.4) is 0 Å². The van der Waals surface area contributed by atoms with E-state index in [0.29, 0.717) is 10.7 Å². The molecule has 2 aromatic rings. The maximum atomic E-state index is 11.6. The number of amides is 1. The molecule has 2 rings (SSSR count). The lowest BCUT2D eigenvalue weighted by Gasteiger charge is -2.02. The molecule has 1 amide bonds. The summed E-state index contributed by atoms with van der Waals surface area (Å²) in [5.41, 5.74) is 6.14. The predicted molar refractivity (Wildman–Crippen MR) is 56.5 cm³/mol. The lowest BCUT2D eigenvalue weighted by molar-refractivity contribution is 0.102. The van der Waals surface area contributed by atoms with Crippen molar-refractivity contribution in [2.24, 2.45) is 0 Å². The highest BCUT2D eigenvalue weighted by molar-refractivity contribution is 7.10. The number of rotatable bonds is 2. The molecule has 0 fully saturated rings. The number of carbonyl (C=O) groups is 1. The monoisotopic (exact) mass is 221 g/mol. The molecule has 0 unspecified atom stereocenters. The van der Waals surface area contributed by atoms with E-state index in [-0.39, 0.29) is 11.6 Å². The van der Waals surface area contributed by atoms with Crippen LogP contribution in [0.1, 0.15) is 10.5 Å². The summed E-state index contributed by atoms with van der Waals surface area (Å²) in [6.45, 7) is 0. The van der Waals surface area contributed by atoms with Crippen molar-refractivity contribution in [1.29, 1.82) is 0 Å². The van der Waals surface area contributed by atoms with Crippen LogP contribution in [0.5, 0.6) is 0 Å². The lowest BCUT2D eigenvalue weighted by Crippen LogP contribution is -2.14. The second-order valence-electron chi connectivity index (χ2n) is 2.68. The molecule has 2 heterocycles. The summed E-state index contributed by atoms with van der Waals surface area (Å²) >= 11 is 1.09. The van der Waals surface area contributed by atoms with Crippen molar-refractivity contribution in [2.45, 2.75) is 0 Å². The average molecular weight is 221 g/mol. The first-order valence-electron chi connectivity index (χ1n) is 4.06. The molecule has 0 aliphatic carbocycles. The van der Waals surface area contributed by atoms with E-state index in [0.717, 1.165) is 11.5 Å². The summed E-state index contributed by atoms with van der Waals surface area (Å²) in [4.78, 5) is 15.5. The van der Waals surface area contributed by atoms with Crippen LogP contribution in [0, 0.1) is 0 Å². The smallest absolute Gasteiger partial charge is 0.277 e. The van der Waals surface area contributed by atoms with Crippen molar-refractivity contribution in [3.05, 3.63) is 30.2 Å². The molecule has 15 heavy (non-hydrogen) atoms. The van der Waals surface area contributed by atoms with E-state index in [9.17, 15) is 4.79 Å². The Balaban J connectivity index is 2.19. The summed E-state index contributed by atoms with van der Waals surface area (Å²) in [5.74, 6) is -0.362. The molecule has 0 atom stereocenters. The second-order valence-corrected chi connectivity index (χ2v) is 3.46. The van der Waals surface area contributed by atoms with Crippen molar-refractivity contribution in [2.75, 3.05) is 11.1 Å². The maximum absolute atomic E-state index is 11.6. The average Bonchev–Trinajstić information content (AvgIpc) is 2.71. The highest BCUT2D eigenvalue weighted by atomic mass is 32.1. The van der Waals surface area contributed by atoms with Crippen molar-refractivity contribution in [1.82, 2.24) is 14.6 Å². The van der Waals surface area contributed by atoms with E-state index in [2.05, 4.69) is 19.9 Å². The van der Waals surface area contributed by atoms with Crippen LogP contribution in [0.15, 0.2) is 24.5 Å². The second kappa shape index (κ2) is 4.01. The first-order valence-corrected chi connectivity index (χ1v) is 4.84. The summed E-state index contributed by atoms with van der Waals surface area (Å²) in [6, 6.07) is 3.28. The Morgan fingerprint density at radius 1 is 1.53 bits per heavy atom. The number of anilines is 2. The normalized spacial score (nSPS) is 9.87. The summed E-state index contributed by atoms with van der Waals surface area (Å²) < 4.78 is 3.62. The largest absolute Gasteiger partial charge is 0.397 e. The van der Waals surface area contributed by atoms with Gasteiger partial charge in [0.2, 0.25) is 0 Å². The van der Waals surface area contributed by atoms with Crippen LogP contribution in [0.2, 0.25) is 0 Å². The van der Waals surface area contributed by atoms with Gasteiger partial charge in [-0.3, -0.25) is 4.79 Å². The Morgan fingerprint density at radius 3 is 3.07 bits per heavy atom. The van der Waals surface area contributed by atoms with Gasteiger partial charge in [-0.15, -0.1) is 5.10 Å². The third kappa shape index (κ3) is 2.08. The van der Waals surface area contributed by atoms with Crippen LogP contribution in [-0.4, -0.2) is 20.5 Å². The van der Waals surface area contributed by atoms with E-state index in [1.165, 1.54) is 12.4 Å². The number of nitrogens with two attached hydrogens (primary N) is 1. The highest BCUT2D eigenvalue weighted by Gasteiger charge is 2.11. The molecule has 0 aliphatic heterocycles. The van der Waals surface area contributed by atoms with Gasteiger partial charge in [-0.1, -0.05) is 4.49 Å². The summed E-state index contributed by atoms with van der Waals surface area (Å²) in [5, 5.41) is 6.74. The zero-order chi connectivity index (χ0) is 10.7. The van der Waals surface area contributed by atoms with Crippen molar-refractivity contribution >= 4 is 28.1 Å². The summed E-state index contributed by atoms with van der Waals surface area (Å²) in [6.07, 6.45) is 2.97. The fourth-order valence-electron chi connectivity index (χ4n) is 1.00. The van der Waals surface area contributed by atoms with Gasteiger partial charge in [0.25, 0.3) is 5.91 Å². The molecular formula is C8H7N5OS. The Hall–Kier alpha value is -2.02. The minimum absolute atomic E-state index is 0.200. The molecule has 3 N–H and O–H groups in total. The summed E-state index contributed by atoms with van der Waals surface area (Å²) in [7, 11) is 0. The molecule has 0 saturated carbocycles. The van der Waals surface area contributed by atoms with Gasteiger partial charge in [0.1, 0.15) is 5.00 Å². The number of carbonyl (C=O) groups excluding carboxylic acids is 1. The molecule has 76 valence electrons. The Bertz CT molecular complexity index is 470. The van der Waals surface area contributed by atoms with Gasteiger partial charge < -0.3 is 11.1 Å². The molecule has 0 spiro atoms. The third-order valence-corrected chi connectivity index (χ3v) is 2.23. The maximum Gasteiger partial charge on any atom is 0.277 e. The van der Waals surface area contributed by atoms with Crippen molar-refractivity contribution in [3.8, 4) is 0 Å². The first kappa shape index (κ1) is 9.53. The topological polar surface area (TPSA) is 93.8 Å². The quantitative estimate of drug-likeness (QED) is 0.781. The number of nitrogens with one attached hydrogen (secondary N) is 1. The zero-order valence-electron chi connectivity index (χ0n) is 7.54. The highest BCUT2D eigenvalue weighted by Crippen LogP contribution is 2.13. The minimum atomic E-state index is -0.362. The van der Waals surface area contributed by atoms with Crippen molar-refractivity contribution in [3.63, 3.8) is 0 Å². The van der Waals surface area contributed by atoms with Crippen LogP contribution in [0.25, 0.3) is 0 Å². The molecule has 0 bridgehead atoms. The van der Waals surface area contributed by atoms with Crippen LogP contribution in [-0.2, 0) is 0 Å². The molecule has 0 radical (unpaired) electrons. The van der Waals surface area contributed by atoms with Gasteiger partial charge in [0, 0.05) is 17.7 Å². The number of hydrogen-bond acceptors (Lipinski definition) is 6. The molecule has 7 heteroatoms. The zero-order valence-corrected chi connectivity index (χ0v) is 8.36. The molecule has 0 aliphatic rings. The lowest BCUT2D eigenvalue weighted by atomic mass is 10.3. The number of pyridine rings is 1. The Morgan fingerprint density at radius 2 is 2.40 bits per heavy atom. The Kier molecular flexibility index (Phi) is 2.55. The molecule has 0 aromatic carbocycles.